The van der Waals surface area contributed by atoms with Crippen LogP contribution in [-0.2, 0) is 25.4 Å². The summed E-state index contributed by atoms with van der Waals surface area (Å²) in [5, 5.41) is 0. The molecule has 23 heavy (non-hydrogen) atoms. The molecule has 0 aromatic carbocycles. The van der Waals surface area contributed by atoms with Gasteiger partial charge in [0.15, 0.2) is 0 Å². The highest BCUT2D eigenvalue weighted by Gasteiger charge is 2.32. The van der Waals surface area contributed by atoms with Crippen LogP contribution in [0, 0.1) is 6.92 Å². The van der Waals surface area contributed by atoms with Gasteiger partial charge < -0.3 is 19.9 Å². The van der Waals surface area contributed by atoms with Gasteiger partial charge in [-0.2, -0.15) is 0 Å². The van der Waals surface area contributed by atoms with Crippen molar-refractivity contribution in [1.82, 2.24) is 4.68 Å². The Morgan fingerprint density at radius 1 is 1.00 bits per heavy atom. The van der Waals surface area contributed by atoms with E-state index in [1.54, 1.807) is 0 Å². The van der Waals surface area contributed by atoms with E-state index in [-0.39, 0.29) is 22.5 Å². The van der Waals surface area contributed by atoms with Crippen LogP contribution in [0.2, 0.25) is 0 Å². The van der Waals surface area contributed by atoms with Gasteiger partial charge in [0.2, 0.25) is 0 Å². The van der Waals surface area contributed by atoms with Gasteiger partial charge in [0.25, 0.3) is 0 Å². The molecule has 0 bridgehead atoms. The number of methoxy groups -OCH3 is 3. The Bertz CT molecular complexity index is 663. The zero-order valence-corrected chi connectivity index (χ0v) is 13.1. The number of amides is 2. The summed E-state index contributed by atoms with van der Waals surface area (Å²) in [6, 6.07) is -0.956. The van der Waals surface area contributed by atoms with E-state index >= 15 is 0 Å². The average Bonchev–Trinajstić information content (AvgIpc) is 2.78. The maximum absolute atomic E-state index is 12.1. The lowest BCUT2D eigenvalue weighted by Crippen LogP contribution is -2.31. The number of hydrogen-bond acceptors (Lipinski definition) is 7. The molecule has 0 spiro atoms. The Hall–Kier alpha value is -3.04. The summed E-state index contributed by atoms with van der Waals surface area (Å²) >= 11 is 0. The number of ether oxygens (including phenoxy) is 3. The summed E-state index contributed by atoms with van der Waals surface area (Å²) in [4.78, 5) is 46.8. The lowest BCUT2D eigenvalue weighted by Gasteiger charge is -2.11. The van der Waals surface area contributed by atoms with Gasteiger partial charge in [-0.25, -0.2) is 19.8 Å². The molecule has 126 valence electrons. The molecule has 10 nitrogen and oxygen atoms in total. The van der Waals surface area contributed by atoms with Gasteiger partial charge in [0.1, 0.15) is 0 Å². The Morgan fingerprint density at radius 3 is 1.96 bits per heavy atom. The number of carbonyl (C=O) groups excluding carboxylic acids is 4. The van der Waals surface area contributed by atoms with E-state index in [4.69, 9.17) is 5.73 Å². The van der Waals surface area contributed by atoms with Crippen molar-refractivity contribution < 1.29 is 33.4 Å². The zero-order chi connectivity index (χ0) is 17.7. The Labute approximate surface area is 131 Å². The minimum absolute atomic E-state index is 0.0135. The largest absolute Gasteiger partial charge is 0.469 e. The molecule has 3 N–H and O–H groups in total. The molecule has 0 saturated carbocycles. The minimum atomic E-state index is -0.956. The van der Waals surface area contributed by atoms with Gasteiger partial charge in [0, 0.05) is 0 Å². The molecule has 0 aliphatic rings. The predicted octanol–water partition coefficient (Wildman–Crippen LogP) is -0.293. The summed E-state index contributed by atoms with van der Waals surface area (Å²) in [6.07, 6.45) is -0.404. The molecule has 1 heterocycles. The molecule has 0 unspecified atom stereocenters. The van der Waals surface area contributed by atoms with Crippen molar-refractivity contribution >= 4 is 23.9 Å². The van der Waals surface area contributed by atoms with Gasteiger partial charge in [-0.05, 0) is 6.92 Å². The SMILES string of the molecule is COC(=O)Cc1c(C(=O)OC)c(C(=O)OC)c(C)n1NC(N)=O. The third-order valence-corrected chi connectivity index (χ3v) is 3.05. The zero-order valence-electron chi connectivity index (χ0n) is 13.1. The van der Waals surface area contributed by atoms with E-state index in [9.17, 15) is 19.2 Å². The second-order valence-electron chi connectivity index (χ2n) is 4.33. The number of urea groups is 1. The van der Waals surface area contributed by atoms with Crippen molar-refractivity contribution in [3.63, 3.8) is 0 Å². The van der Waals surface area contributed by atoms with E-state index in [0.717, 1.165) is 26.0 Å². The number of esters is 3. The molecular formula is C13H17N3O7. The Kier molecular flexibility index (Phi) is 5.71. The minimum Gasteiger partial charge on any atom is -0.469 e. The van der Waals surface area contributed by atoms with Crippen LogP contribution in [0.3, 0.4) is 0 Å². The number of nitrogens with zero attached hydrogens (tertiary/aromatic N) is 1. The lowest BCUT2D eigenvalue weighted by atomic mass is 10.1. The highest BCUT2D eigenvalue weighted by molar-refractivity contribution is 6.06. The molecule has 0 aliphatic heterocycles. The number of nitrogens with two attached hydrogens (primary N) is 1. The monoisotopic (exact) mass is 327 g/mol. The molecule has 2 amide bonds. The number of hydrogen-bond donors (Lipinski definition) is 2. The molecule has 0 aliphatic carbocycles. The summed E-state index contributed by atoms with van der Waals surface area (Å²) < 4.78 is 14.9. The van der Waals surface area contributed by atoms with Crippen LogP contribution in [0.4, 0.5) is 4.79 Å². The molecule has 1 aromatic rings. The summed E-state index contributed by atoms with van der Waals surface area (Å²) in [7, 11) is 3.39. The normalized spacial score (nSPS) is 9.91. The fourth-order valence-corrected chi connectivity index (χ4v) is 2.06. The van der Waals surface area contributed by atoms with Gasteiger partial charge in [-0.1, -0.05) is 0 Å². The van der Waals surface area contributed by atoms with Gasteiger partial charge in [-0.3, -0.25) is 9.47 Å². The Balaban J connectivity index is 3.70. The highest BCUT2D eigenvalue weighted by atomic mass is 16.5. The van der Waals surface area contributed by atoms with Crippen LogP contribution in [0.25, 0.3) is 0 Å². The van der Waals surface area contributed by atoms with E-state index < -0.39 is 30.4 Å². The molecule has 1 rings (SSSR count). The van der Waals surface area contributed by atoms with E-state index in [1.165, 1.54) is 6.92 Å². The number of nitrogens with one attached hydrogen (secondary N) is 1. The van der Waals surface area contributed by atoms with Crippen molar-refractivity contribution in [3.8, 4) is 0 Å². The second kappa shape index (κ2) is 7.29. The molecule has 0 atom stereocenters. The molecule has 0 radical (unpaired) electrons. The molecule has 0 saturated heterocycles. The number of primary amides is 1. The van der Waals surface area contributed by atoms with Crippen molar-refractivity contribution in [1.29, 1.82) is 0 Å². The topological polar surface area (TPSA) is 139 Å². The van der Waals surface area contributed by atoms with Gasteiger partial charge in [0.05, 0.1) is 50.3 Å². The molecule has 0 fully saturated rings. The van der Waals surface area contributed by atoms with Crippen molar-refractivity contribution in [2.75, 3.05) is 26.8 Å². The van der Waals surface area contributed by atoms with Crippen LogP contribution >= 0.6 is 0 Å². The molecular weight excluding hydrogens is 310 g/mol. The third-order valence-electron chi connectivity index (χ3n) is 3.05. The standard InChI is InChI=1S/C13H17N3O7/c1-6-9(11(18)22-3)10(12(19)23-4)7(5-8(17)21-2)16(6)15-13(14)20/h5H2,1-4H3,(H3,14,15,20). The first-order valence-electron chi connectivity index (χ1n) is 6.32. The molecule has 1 aromatic heterocycles. The van der Waals surface area contributed by atoms with Crippen molar-refractivity contribution in [2.24, 2.45) is 5.73 Å². The van der Waals surface area contributed by atoms with Crippen LogP contribution in [0.1, 0.15) is 32.1 Å². The number of carbonyl (C=O) groups is 4. The van der Waals surface area contributed by atoms with Gasteiger partial charge >= 0.3 is 23.9 Å². The Morgan fingerprint density at radius 2 is 1.52 bits per heavy atom. The second-order valence-corrected chi connectivity index (χ2v) is 4.33. The maximum Gasteiger partial charge on any atom is 0.340 e. The summed E-state index contributed by atoms with van der Waals surface area (Å²) in [5.74, 6) is -2.41. The third kappa shape index (κ3) is 3.59. The quantitative estimate of drug-likeness (QED) is 0.559. The van der Waals surface area contributed by atoms with Crippen molar-refractivity contribution in [2.45, 2.75) is 13.3 Å². The number of aromatic nitrogens is 1. The summed E-state index contributed by atoms with van der Waals surface area (Å²) in [6.45, 7) is 1.44. The van der Waals surface area contributed by atoms with Gasteiger partial charge in [-0.15, -0.1) is 0 Å². The van der Waals surface area contributed by atoms with E-state index in [2.05, 4.69) is 19.6 Å². The first-order chi connectivity index (χ1) is 10.8. The fraction of sp³-hybridized carbons (Fsp3) is 0.385. The maximum atomic E-state index is 12.1. The van der Waals surface area contributed by atoms with Crippen LogP contribution in [0.5, 0.6) is 0 Å². The first-order valence-corrected chi connectivity index (χ1v) is 6.32. The first kappa shape index (κ1) is 18.0. The van der Waals surface area contributed by atoms with E-state index in [1.807, 2.05) is 0 Å². The fourth-order valence-electron chi connectivity index (χ4n) is 2.06. The van der Waals surface area contributed by atoms with Crippen LogP contribution in [0.15, 0.2) is 0 Å². The number of rotatable bonds is 5. The van der Waals surface area contributed by atoms with Crippen LogP contribution in [-0.4, -0.2) is 49.9 Å². The van der Waals surface area contributed by atoms with Crippen LogP contribution < -0.4 is 11.2 Å². The lowest BCUT2D eigenvalue weighted by molar-refractivity contribution is -0.139. The van der Waals surface area contributed by atoms with E-state index in [0.29, 0.717) is 0 Å². The highest BCUT2D eigenvalue weighted by Crippen LogP contribution is 2.24. The summed E-state index contributed by atoms with van der Waals surface area (Å²) in [5.41, 5.74) is 7.08. The van der Waals surface area contributed by atoms with Crippen molar-refractivity contribution in [3.05, 3.63) is 22.5 Å². The average molecular weight is 327 g/mol. The predicted molar refractivity (Wildman–Crippen MR) is 76.5 cm³/mol. The smallest absolute Gasteiger partial charge is 0.340 e. The molecule has 10 heteroatoms.